The summed E-state index contributed by atoms with van der Waals surface area (Å²) >= 11 is 0. The van der Waals surface area contributed by atoms with Gasteiger partial charge in [-0.1, -0.05) is 39.0 Å². The molecule has 104 valence electrons. The van der Waals surface area contributed by atoms with E-state index in [0.29, 0.717) is 17.3 Å². The molecule has 1 heterocycles. The van der Waals surface area contributed by atoms with Gasteiger partial charge in [-0.3, -0.25) is 0 Å². The first-order chi connectivity index (χ1) is 9.36. The Morgan fingerprint density at radius 3 is 2.35 bits per heavy atom. The number of hydrogen-bond donors (Lipinski definition) is 1. The second-order valence-electron chi connectivity index (χ2n) is 5.55. The Labute approximate surface area is 118 Å². The van der Waals surface area contributed by atoms with Crippen LogP contribution in [0, 0.1) is 0 Å². The highest BCUT2D eigenvalue weighted by Gasteiger charge is 2.19. The summed E-state index contributed by atoms with van der Waals surface area (Å²) in [6, 6.07) is 12.2. The third-order valence-corrected chi connectivity index (χ3v) is 2.78. The first-order valence-corrected chi connectivity index (χ1v) is 6.35. The SMILES string of the molecule is CC(C)(C)c1cc(C(=O)O)cc(Oc2ccccc2)n1. The predicted molar refractivity (Wildman–Crippen MR) is 76.4 cm³/mol. The molecule has 0 amide bonds. The van der Waals surface area contributed by atoms with Crippen LogP contribution in [-0.4, -0.2) is 16.1 Å². The molecule has 0 saturated heterocycles. The number of pyridine rings is 1. The molecule has 0 aliphatic carbocycles. The van der Waals surface area contributed by atoms with Crippen molar-refractivity contribution in [3.05, 3.63) is 53.7 Å². The van der Waals surface area contributed by atoms with Gasteiger partial charge in [-0.15, -0.1) is 0 Å². The molecule has 2 rings (SSSR count). The number of benzene rings is 1. The van der Waals surface area contributed by atoms with Gasteiger partial charge in [0.25, 0.3) is 0 Å². The minimum absolute atomic E-state index is 0.177. The maximum absolute atomic E-state index is 11.2. The molecule has 0 aliphatic heterocycles. The molecular formula is C16H17NO3. The molecule has 0 bridgehead atoms. The maximum Gasteiger partial charge on any atom is 0.335 e. The summed E-state index contributed by atoms with van der Waals surface area (Å²) in [5, 5.41) is 9.18. The molecule has 1 N–H and O–H groups in total. The summed E-state index contributed by atoms with van der Waals surface area (Å²) in [5.74, 6) is -0.0702. The highest BCUT2D eigenvalue weighted by Crippen LogP contribution is 2.26. The van der Waals surface area contributed by atoms with Crippen LogP contribution in [0.3, 0.4) is 0 Å². The van der Waals surface area contributed by atoms with Gasteiger partial charge in [-0.25, -0.2) is 9.78 Å². The van der Waals surface area contributed by atoms with Gasteiger partial charge in [0.05, 0.1) is 11.3 Å². The lowest BCUT2D eigenvalue weighted by Crippen LogP contribution is -2.15. The van der Waals surface area contributed by atoms with Crippen LogP contribution in [0.25, 0.3) is 0 Å². The predicted octanol–water partition coefficient (Wildman–Crippen LogP) is 3.87. The fourth-order valence-corrected chi connectivity index (χ4v) is 1.67. The van der Waals surface area contributed by atoms with Crippen LogP contribution in [0.15, 0.2) is 42.5 Å². The number of carboxylic acid groups (broad SMARTS) is 1. The Kier molecular flexibility index (Phi) is 3.74. The van der Waals surface area contributed by atoms with Crippen molar-refractivity contribution in [1.82, 2.24) is 4.98 Å². The van der Waals surface area contributed by atoms with Crippen molar-refractivity contribution in [3.63, 3.8) is 0 Å². The second kappa shape index (κ2) is 5.33. The lowest BCUT2D eigenvalue weighted by molar-refractivity contribution is 0.0696. The van der Waals surface area contributed by atoms with E-state index in [4.69, 9.17) is 4.74 Å². The number of ether oxygens (including phenoxy) is 1. The van der Waals surface area contributed by atoms with Gasteiger partial charge in [0.1, 0.15) is 5.75 Å². The number of para-hydroxylation sites is 1. The normalized spacial score (nSPS) is 11.2. The van der Waals surface area contributed by atoms with E-state index < -0.39 is 5.97 Å². The first-order valence-electron chi connectivity index (χ1n) is 6.35. The highest BCUT2D eigenvalue weighted by molar-refractivity contribution is 5.88. The van der Waals surface area contributed by atoms with Crippen molar-refractivity contribution in [1.29, 1.82) is 0 Å². The highest BCUT2D eigenvalue weighted by atomic mass is 16.5. The van der Waals surface area contributed by atoms with Gasteiger partial charge in [0, 0.05) is 11.5 Å². The molecule has 4 nitrogen and oxygen atoms in total. The van der Waals surface area contributed by atoms with Crippen molar-refractivity contribution in [2.24, 2.45) is 0 Å². The van der Waals surface area contributed by atoms with Crippen molar-refractivity contribution >= 4 is 5.97 Å². The molecule has 0 spiro atoms. The van der Waals surface area contributed by atoms with Gasteiger partial charge in [0.2, 0.25) is 5.88 Å². The van der Waals surface area contributed by atoms with Crippen molar-refractivity contribution in [2.75, 3.05) is 0 Å². The first kappa shape index (κ1) is 14.1. The summed E-state index contributed by atoms with van der Waals surface area (Å²) in [7, 11) is 0. The molecule has 0 fully saturated rings. The second-order valence-corrected chi connectivity index (χ2v) is 5.55. The van der Waals surface area contributed by atoms with E-state index in [1.165, 1.54) is 6.07 Å². The molecule has 1 aromatic heterocycles. The van der Waals surface area contributed by atoms with Crippen LogP contribution in [0.2, 0.25) is 0 Å². The number of rotatable bonds is 3. The van der Waals surface area contributed by atoms with Crippen LogP contribution in [0.5, 0.6) is 11.6 Å². The summed E-state index contributed by atoms with van der Waals surface area (Å²) in [5.41, 5.74) is 0.611. The van der Waals surface area contributed by atoms with E-state index in [1.807, 2.05) is 39.0 Å². The monoisotopic (exact) mass is 271 g/mol. The van der Waals surface area contributed by atoms with E-state index in [2.05, 4.69) is 4.98 Å². The van der Waals surface area contributed by atoms with Crippen LogP contribution >= 0.6 is 0 Å². The van der Waals surface area contributed by atoms with E-state index in [9.17, 15) is 9.90 Å². The van der Waals surface area contributed by atoms with Crippen LogP contribution in [0.1, 0.15) is 36.8 Å². The molecule has 2 aromatic rings. The minimum Gasteiger partial charge on any atom is -0.478 e. The summed E-state index contributed by atoms with van der Waals surface area (Å²) in [6.07, 6.45) is 0. The van der Waals surface area contributed by atoms with Crippen molar-refractivity contribution in [3.8, 4) is 11.6 Å². The molecule has 1 aromatic carbocycles. The van der Waals surface area contributed by atoms with E-state index >= 15 is 0 Å². The summed E-state index contributed by atoms with van der Waals surface area (Å²) in [6.45, 7) is 5.94. The summed E-state index contributed by atoms with van der Waals surface area (Å²) in [4.78, 5) is 15.6. The van der Waals surface area contributed by atoms with Crippen molar-refractivity contribution < 1.29 is 14.6 Å². The Morgan fingerprint density at radius 1 is 1.15 bits per heavy atom. The molecule has 0 saturated carbocycles. The standard InChI is InChI=1S/C16H17NO3/c1-16(2,3)13-9-11(15(18)19)10-14(17-13)20-12-7-5-4-6-8-12/h4-10H,1-3H3,(H,18,19). The molecule has 0 radical (unpaired) electrons. The van der Waals surface area contributed by atoms with Gasteiger partial charge < -0.3 is 9.84 Å². The van der Waals surface area contributed by atoms with Crippen molar-refractivity contribution in [2.45, 2.75) is 26.2 Å². The Morgan fingerprint density at radius 2 is 1.80 bits per heavy atom. The third kappa shape index (κ3) is 3.35. The quantitative estimate of drug-likeness (QED) is 0.920. The lowest BCUT2D eigenvalue weighted by Gasteiger charge is -2.19. The zero-order chi connectivity index (χ0) is 14.8. The fourth-order valence-electron chi connectivity index (χ4n) is 1.67. The Balaban J connectivity index is 2.42. The number of aromatic nitrogens is 1. The molecule has 0 aliphatic rings. The number of nitrogens with zero attached hydrogens (tertiary/aromatic N) is 1. The number of aromatic carboxylic acids is 1. The molecular weight excluding hydrogens is 254 g/mol. The van der Waals surface area contributed by atoms with Gasteiger partial charge >= 0.3 is 5.97 Å². The summed E-state index contributed by atoms with van der Waals surface area (Å²) < 4.78 is 5.63. The lowest BCUT2D eigenvalue weighted by atomic mass is 9.91. The average molecular weight is 271 g/mol. The maximum atomic E-state index is 11.2. The number of hydrogen-bond acceptors (Lipinski definition) is 3. The van der Waals surface area contributed by atoms with Gasteiger partial charge in [-0.2, -0.15) is 0 Å². The molecule has 4 heteroatoms. The van der Waals surface area contributed by atoms with Crippen LogP contribution in [-0.2, 0) is 5.41 Å². The van der Waals surface area contributed by atoms with E-state index in [-0.39, 0.29) is 11.0 Å². The average Bonchev–Trinajstić information content (AvgIpc) is 2.38. The number of carbonyl (C=O) groups is 1. The molecule has 20 heavy (non-hydrogen) atoms. The minimum atomic E-state index is -0.990. The van der Waals surface area contributed by atoms with Crippen LogP contribution in [0.4, 0.5) is 0 Å². The Bertz CT molecular complexity index is 615. The molecule has 0 atom stereocenters. The smallest absolute Gasteiger partial charge is 0.335 e. The van der Waals surface area contributed by atoms with Crippen LogP contribution < -0.4 is 4.74 Å². The van der Waals surface area contributed by atoms with E-state index in [1.54, 1.807) is 18.2 Å². The zero-order valence-electron chi connectivity index (χ0n) is 11.8. The Hall–Kier alpha value is -2.36. The van der Waals surface area contributed by atoms with E-state index in [0.717, 1.165) is 0 Å². The fraction of sp³-hybridized carbons (Fsp3) is 0.250. The van der Waals surface area contributed by atoms with Gasteiger partial charge in [-0.05, 0) is 18.2 Å². The largest absolute Gasteiger partial charge is 0.478 e. The van der Waals surface area contributed by atoms with Gasteiger partial charge in [0.15, 0.2) is 0 Å². The number of carboxylic acids is 1. The zero-order valence-corrected chi connectivity index (χ0v) is 11.8. The topological polar surface area (TPSA) is 59.4 Å². The third-order valence-electron chi connectivity index (χ3n) is 2.78. The molecule has 0 unspecified atom stereocenters.